The minimum atomic E-state index is -0.508. The van der Waals surface area contributed by atoms with Gasteiger partial charge in [0.2, 0.25) is 11.6 Å². The third-order valence-corrected chi connectivity index (χ3v) is 4.08. The zero-order valence-electron chi connectivity index (χ0n) is 14.7. The maximum Gasteiger partial charge on any atom is 0.293 e. The van der Waals surface area contributed by atoms with E-state index >= 15 is 0 Å². The lowest BCUT2D eigenvalue weighted by molar-refractivity contribution is 0.0948. The Labute approximate surface area is 159 Å². The van der Waals surface area contributed by atoms with Gasteiger partial charge in [-0.05, 0) is 29.7 Å². The molecular formula is C16H17ClN8O2. The van der Waals surface area contributed by atoms with E-state index in [1.165, 1.54) is 4.68 Å². The molecule has 0 aliphatic carbocycles. The molecule has 11 heteroatoms. The largest absolute Gasteiger partial charge is 0.378 e. The lowest BCUT2D eigenvalue weighted by atomic mass is 10.1. The van der Waals surface area contributed by atoms with Crippen LogP contribution in [0.4, 0.5) is 5.82 Å². The first-order valence-corrected chi connectivity index (χ1v) is 8.53. The van der Waals surface area contributed by atoms with E-state index in [-0.39, 0.29) is 17.3 Å². The van der Waals surface area contributed by atoms with Gasteiger partial charge in [0.15, 0.2) is 5.69 Å². The molecule has 27 heavy (non-hydrogen) atoms. The van der Waals surface area contributed by atoms with Crippen LogP contribution in [0.1, 0.15) is 42.0 Å². The smallest absolute Gasteiger partial charge is 0.293 e. The summed E-state index contributed by atoms with van der Waals surface area (Å²) in [6.07, 6.45) is 1.27. The number of benzene rings is 1. The van der Waals surface area contributed by atoms with Gasteiger partial charge in [0.25, 0.3) is 5.91 Å². The SMILES string of the molecule is CCCc1c(C(=O)N/N=C(/C)c2ccccc2Cl)nnn1-c1nonc1N. The quantitative estimate of drug-likeness (QED) is 0.486. The minimum Gasteiger partial charge on any atom is -0.378 e. The first-order chi connectivity index (χ1) is 13.0. The van der Waals surface area contributed by atoms with Crippen molar-refractivity contribution in [2.45, 2.75) is 26.7 Å². The maximum atomic E-state index is 12.6. The van der Waals surface area contributed by atoms with Gasteiger partial charge in [-0.25, -0.2) is 10.1 Å². The van der Waals surface area contributed by atoms with Gasteiger partial charge in [-0.1, -0.05) is 48.4 Å². The van der Waals surface area contributed by atoms with Crippen LogP contribution in [-0.4, -0.2) is 36.9 Å². The van der Waals surface area contributed by atoms with E-state index in [0.29, 0.717) is 22.8 Å². The Morgan fingerprint density at radius 3 is 2.81 bits per heavy atom. The molecule has 1 amide bonds. The number of carbonyl (C=O) groups is 1. The molecule has 3 aromatic rings. The Kier molecular flexibility index (Phi) is 5.46. The molecule has 0 bridgehead atoms. The summed E-state index contributed by atoms with van der Waals surface area (Å²) in [6.45, 7) is 3.70. The number of rotatable bonds is 6. The van der Waals surface area contributed by atoms with Crippen LogP contribution in [0.5, 0.6) is 0 Å². The lowest BCUT2D eigenvalue weighted by Crippen LogP contribution is -2.21. The maximum absolute atomic E-state index is 12.6. The molecule has 2 aromatic heterocycles. The normalized spacial score (nSPS) is 11.6. The second kappa shape index (κ2) is 7.96. The zero-order chi connectivity index (χ0) is 19.4. The highest BCUT2D eigenvalue weighted by molar-refractivity contribution is 6.34. The molecule has 0 radical (unpaired) electrons. The Hall–Kier alpha value is -3.27. The molecule has 10 nitrogen and oxygen atoms in total. The first-order valence-electron chi connectivity index (χ1n) is 8.15. The fourth-order valence-corrected chi connectivity index (χ4v) is 2.72. The van der Waals surface area contributed by atoms with Gasteiger partial charge in [-0.3, -0.25) is 4.79 Å². The molecule has 0 fully saturated rings. The second-order valence-corrected chi connectivity index (χ2v) is 6.04. The van der Waals surface area contributed by atoms with Crippen molar-refractivity contribution in [3.8, 4) is 5.82 Å². The number of anilines is 1. The number of hydrogen-bond donors (Lipinski definition) is 2. The summed E-state index contributed by atoms with van der Waals surface area (Å²) in [5.74, 6) is -0.274. The molecule has 140 valence electrons. The molecule has 0 aliphatic heterocycles. The predicted octanol–water partition coefficient (Wildman–Crippen LogP) is 1.99. The molecule has 2 heterocycles. The number of carbonyl (C=O) groups excluding carboxylic acids is 1. The average molecular weight is 389 g/mol. The third kappa shape index (κ3) is 3.80. The Morgan fingerprint density at radius 2 is 2.15 bits per heavy atom. The van der Waals surface area contributed by atoms with Crippen LogP contribution in [0.15, 0.2) is 34.0 Å². The van der Waals surface area contributed by atoms with Crippen LogP contribution in [0.25, 0.3) is 5.82 Å². The van der Waals surface area contributed by atoms with Gasteiger partial charge in [-0.15, -0.1) is 5.10 Å². The highest BCUT2D eigenvalue weighted by atomic mass is 35.5. The molecule has 0 spiro atoms. The fourth-order valence-electron chi connectivity index (χ4n) is 2.45. The van der Waals surface area contributed by atoms with E-state index in [1.54, 1.807) is 13.0 Å². The van der Waals surface area contributed by atoms with Gasteiger partial charge in [-0.2, -0.15) is 9.78 Å². The van der Waals surface area contributed by atoms with Crippen molar-refractivity contribution >= 4 is 29.0 Å². The van der Waals surface area contributed by atoms with E-state index in [2.05, 4.69) is 35.8 Å². The summed E-state index contributed by atoms with van der Waals surface area (Å²) in [4.78, 5) is 12.6. The van der Waals surface area contributed by atoms with Crippen LogP contribution in [0.2, 0.25) is 5.02 Å². The number of nitrogens with zero attached hydrogens (tertiary/aromatic N) is 6. The van der Waals surface area contributed by atoms with Crippen molar-refractivity contribution < 1.29 is 9.42 Å². The van der Waals surface area contributed by atoms with Crippen molar-refractivity contribution in [2.75, 3.05) is 5.73 Å². The van der Waals surface area contributed by atoms with Gasteiger partial charge >= 0.3 is 0 Å². The van der Waals surface area contributed by atoms with Crippen molar-refractivity contribution in [3.63, 3.8) is 0 Å². The first kappa shape index (κ1) is 18.5. The lowest BCUT2D eigenvalue weighted by Gasteiger charge is -2.05. The molecule has 3 rings (SSSR count). The number of hydrazone groups is 1. The van der Waals surface area contributed by atoms with E-state index in [4.69, 9.17) is 17.3 Å². The van der Waals surface area contributed by atoms with Crippen molar-refractivity contribution in [1.82, 2.24) is 30.7 Å². The molecule has 0 aliphatic rings. The Balaban J connectivity index is 1.87. The molecular weight excluding hydrogens is 372 g/mol. The molecule has 0 saturated heterocycles. The summed E-state index contributed by atoms with van der Waals surface area (Å²) in [7, 11) is 0. The van der Waals surface area contributed by atoms with Crippen LogP contribution in [-0.2, 0) is 6.42 Å². The number of hydrogen-bond acceptors (Lipinski definition) is 8. The second-order valence-electron chi connectivity index (χ2n) is 5.64. The van der Waals surface area contributed by atoms with Gasteiger partial charge < -0.3 is 5.73 Å². The number of halogens is 1. The molecule has 0 saturated carbocycles. The van der Waals surface area contributed by atoms with Crippen LogP contribution < -0.4 is 11.2 Å². The summed E-state index contributed by atoms with van der Waals surface area (Å²) in [5.41, 5.74) is 10.1. The van der Waals surface area contributed by atoms with Gasteiger partial charge in [0, 0.05) is 10.6 Å². The van der Waals surface area contributed by atoms with Crippen molar-refractivity contribution in [1.29, 1.82) is 0 Å². The zero-order valence-corrected chi connectivity index (χ0v) is 15.4. The summed E-state index contributed by atoms with van der Waals surface area (Å²) in [6, 6.07) is 7.21. The molecule has 3 N–H and O–H groups in total. The molecule has 1 aromatic carbocycles. The summed E-state index contributed by atoms with van der Waals surface area (Å²) < 4.78 is 5.94. The van der Waals surface area contributed by atoms with Crippen LogP contribution >= 0.6 is 11.6 Å². The number of nitrogens with two attached hydrogens (primary N) is 1. The monoisotopic (exact) mass is 388 g/mol. The topological polar surface area (TPSA) is 137 Å². The average Bonchev–Trinajstić information content (AvgIpc) is 3.26. The van der Waals surface area contributed by atoms with Crippen LogP contribution in [0, 0.1) is 0 Å². The fraction of sp³-hybridized carbons (Fsp3) is 0.250. The standard InChI is InChI=1S/C16H17ClN8O2/c1-3-6-12-13(20-24-25(12)15-14(18)22-27-23-15)16(26)21-19-9(2)10-7-4-5-8-11(10)17/h4-5,7-8H,3,6H2,1-2H3,(H2,18,22)(H,21,26)/b19-9-. The molecule has 0 atom stereocenters. The Bertz CT molecular complexity index is 994. The van der Waals surface area contributed by atoms with Gasteiger partial charge in [0.1, 0.15) is 0 Å². The van der Waals surface area contributed by atoms with E-state index < -0.39 is 5.91 Å². The van der Waals surface area contributed by atoms with E-state index in [0.717, 1.165) is 12.0 Å². The highest BCUT2D eigenvalue weighted by Crippen LogP contribution is 2.18. The number of nitrogens with one attached hydrogen (secondary N) is 1. The highest BCUT2D eigenvalue weighted by Gasteiger charge is 2.23. The molecule has 0 unspecified atom stereocenters. The Morgan fingerprint density at radius 1 is 1.37 bits per heavy atom. The van der Waals surface area contributed by atoms with Crippen molar-refractivity contribution in [2.24, 2.45) is 5.10 Å². The summed E-state index contributed by atoms with van der Waals surface area (Å²) in [5, 5.41) is 19.8. The van der Waals surface area contributed by atoms with E-state index in [1.807, 2.05) is 25.1 Å². The van der Waals surface area contributed by atoms with Gasteiger partial charge in [0.05, 0.1) is 11.4 Å². The van der Waals surface area contributed by atoms with Crippen LogP contribution in [0.3, 0.4) is 0 Å². The number of aromatic nitrogens is 5. The van der Waals surface area contributed by atoms with E-state index in [9.17, 15) is 4.79 Å². The predicted molar refractivity (Wildman–Crippen MR) is 98.8 cm³/mol. The van der Waals surface area contributed by atoms with Crippen molar-refractivity contribution in [3.05, 3.63) is 46.2 Å². The third-order valence-electron chi connectivity index (χ3n) is 3.75. The number of nitrogen functional groups attached to an aromatic ring is 1. The minimum absolute atomic E-state index is 0.0526. The number of amides is 1. The summed E-state index contributed by atoms with van der Waals surface area (Å²) >= 11 is 6.14.